The van der Waals surface area contributed by atoms with E-state index in [9.17, 15) is 9.59 Å². The molecular weight excluding hydrogens is 240 g/mol. The molecule has 1 saturated heterocycles. The molecule has 1 saturated carbocycles. The van der Waals surface area contributed by atoms with Crippen LogP contribution in [0.3, 0.4) is 0 Å². The molecule has 1 aliphatic carbocycles. The van der Waals surface area contributed by atoms with Gasteiger partial charge in [0.2, 0.25) is 11.8 Å². The van der Waals surface area contributed by atoms with Gasteiger partial charge in [-0.05, 0) is 18.9 Å². The van der Waals surface area contributed by atoms with Gasteiger partial charge >= 0.3 is 0 Å². The van der Waals surface area contributed by atoms with Crippen LogP contribution >= 0.6 is 0 Å². The molecule has 2 amide bonds. The van der Waals surface area contributed by atoms with Gasteiger partial charge in [-0.15, -0.1) is 0 Å². The average molecular weight is 258 g/mol. The SMILES string of the molecule is CC1NC(=O)CCN(C2CC2c2ccccc2)C1=O. The fourth-order valence-electron chi connectivity index (χ4n) is 2.87. The maximum Gasteiger partial charge on any atom is 0.245 e. The van der Waals surface area contributed by atoms with Crippen molar-refractivity contribution in [1.29, 1.82) is 0 Å². The summed E-state index contributed by atoms with van der Waals surface area (Å²) < 4.78 is 0. The number of hydrogen-bond acceptors (Lipinski definition) is 2. The Bertz CT molecular complexity index is 500. The number of nitrogens with zero attached hydrogens (tertiary/aromatic N) is 1. The number of hydrogen-bond donors (Lipinski definition) is 1. The molecule has 1 heterocycles. The Morgan fingerprint density at radius 2 is 1.95 bits per heavy atom. The first-order valence-electron chi connectivity index (χ1n) is 6.81. The zero-order chi connectivity index (χ0) is 13.4. The van der Waals surface area contributed by atoms with Crippen LogP contribution in [0.4, 0.5) is 0 Å². The number of benzene rings is 1. The molecule has 3 rings (SSSR count). The maximum atomic E-state index is 12.3. The Kier molecular flexibility index (Phi) is 3.01. The second-order valence-electron chi connectivity index (χ2n) is 5.39. The lowest BCUT2D eigenvalue weighted by Crippen LogP contribution is -2.43. The molecule has 0 radical (unpaired) electrons. The molecular formula is C15H18N2O2. The first-order chi connectivity index (χ1) is 9.16. The molecule has 19 heavy (non-hydrogen) atoms. The van der Waals surface area contributed by atoms with Gasteiger partial charge in [-0.1, -0.05) is 30.3 Å². The van der Waals surface area contributed by atoms with E-state index in [1.54, 1.807) is 6.92 Å². The molecule has 100 valence electrons. The first-order valence-corrected chi connectivity index (χ1v) is 6.81. The Balaban J connectivity index is 1.73. The lowest BCUT2D eigenvalue weighted by molar-refractivity contribution is -0.133. The van der Waals surface area contributed by atoms with Crippen molar-refractivity contribution >= 4 is 11.8 Å². The van der Waals surface area contributed by atoms with Gasteiger partial charge in [0.05, 0.1) is 0 Å². The van der Waals surface area contributed by atoms with Gasteiger partial charge in [-0.25, -0.2) is 0 Å². The van der Waals surface area contributed by atoms with Gasteiger partial charge in [0.15, 0.2) is 0 Å². The minimum absolute atomic E-state index is 0.0275. The van der Waals surface area contributed by atoms with Crippen molar-refractivity contribution in [3.63, 3.8) is 0 Å². The molecule has 1 aliphatic heterocycles. The van der Waals surface area contributed by atoms with Crippen molar-refractivity contribution in [3.05, 3.63) is 35.9 Å². The van der Waals surface area contributed by atoms with E-state index in [1.165, 1.54) is 5.56 Å². The van der Waals surface area contributed by atoms with Crippen LogP contribution in [-0.2, 0) is 9.59 Å². The topological polar surface area (TPSA) is 49.4 Å². The highest BCUT2D eigenvalue weighted by molar-refractivity contribution is 5.90. The Morgan fingerprint density at radius 1 is 1.21 bits per heavy atom. The predicted octanol–water partition coefficient (Wildman–Crippen LogP) is 1.28. The van der Waals surface area contributed by atoms with Crippen LogP contribution in [0.1, 0.15) is 31.2 Å². The summed E-state index contributed by atoms with van der Waals surface area (Å²) in [7, 11) is 0. The lowest BCUT2D eigenvalue weighted by atomic mass is 10.1. The summed E-state index contributed by atoms with van der Waals surface area (Å²) in [5.74, 6) is 0.458. The summed E-state index contributed by atoms with van der Waals surface area (Å²) in [6.07, 6.45) is 1.42. The van der Waals surface area contributed by atoms with Crippen molar-refractivity contribution in [3.8, 4) is 0 Å². The third kappa shape index (κ3) is 2.35. The molecule has 0 aromatic heterocycles. The highest BCUT2D eigenvalue weighted by Gasteiger charge is 2.46. The standard InChI is InChI=1S/C15H18N2O2/c1-10-15(19)17(8-7-14(18)16-10)13-9-12(13)11-5-3-2-4-6-11/h2-6,10,12-13H,7-9H2,1H3,(H,16,18). The first kappa shape index (κ1) is 12.2. The van der Waals surface area contributed by atoms with Gasteiger partial charge in [0.1, 0.15) is 6.04 Å². The molecule has 4 nitrogen and oxygen atoms in total. The van der Waals surface area contributed by atoms with Gasteiger partial charge in [0.25, 0.3) is 0 Å². The molecule has 2 aliphatic rings. The number of rotatable bonds is 2. The van der Waals surface area contributed by atoms with Crippen LogP contribution < -0.4 is 5.32 Å². The van der Waals surface area contributed by atoms with E-state index in [0.717, 1.165) is 6.42 Å². The Labute approximate surface area is 112 Å². The van der Waals surface area contributed by atoms with Crippen LogP contribution in [0, 0.1) is 0 Å². The van der Waals surface area contributed by atoms with Gasteiger partial charge in [-0.3, -0.25) is 9.59 Å². The van der Waals surface area contributed by atoms with Crippen LogP contribution in [0.2, 0.25) is 0 Å². The number of carbonyl (C=O) groups is 2. The van der Waals surface area contributed by atoms with Crippen molar-refractivity contribution in [2.75, 3.05) is 6.54 Å². The molecule has 4 heteroatoms. The molecule has 1 aromatic carbocycles. The quantitative estimate of drug-likeness (QED) is 0.868. The summed E-state index contributed by atoms with van der Waals surface area (Å²) >= 11 is 0. The van der Waals surface area contributed by atoms with Crippen molar-refractivity contribution in [1.82, 2.24) is 10.2 Å². The zero-order valence-electron chi connectivity index (χ0n) is 11.0. The summed E-state index contributed by atoms with van der Waals surface area (Å²) in [6, 6.07) is 10.2. The molecule has 2 fully saturated rings. The Hall–Kier alpha value is -1.84. The van der Waals surface area contributed by atoms with Gasteiger partial charge in [0, 0.05) is 24.9 Å². The van der Waals surface area contributed by atoms with E-state index in [0.29, 0.717) is 18.9 Å². The van der Waals surface area contributed by atoms with E-state index >= 15 is 0 Å². The van der Waals surface area contributed by atoms with Crippen molar-refractivity contribution in [2.45, 2.75) is 37.8 Å². The van der Waals surface area contributed by atoms with Gasteiger partial charge < -0.3 is 10.2 Å². The van der Waals surface area contributed by atoms with Crippen molar-refractivity contribution < 1.29 is 9.59 Å². The average Bonchev–Trinajstić information content (AvgIpc) is 3.20. The van der Waals surface area contributed by atoms with E-state index in [-0.39, 0.29) is 17.9 Å². The summed E-state index contributed by atoms with van der Waals surface area (Å²) in [4.78, 5) is 25.6. The molecule has 1 aromatic rings. The van der Waals surface area contributed by atoms with Crippen LogP contribution in [0.25, 0.3) is 0 Å². The second-order valence-corrected chi connectivity index (χ2v) is 5.39. The van der Waals surface area contributed by atoms with Crippen LogP contribution in [0.5, 0.6) is 0 Å². The summed E-state index contributed by atoms with van der Waals surface area (Å²) in [5, 5.41) is 2.73. The molecule has 1 N–H and O–H groups in total. The maximum absolute atomic E-state index is 12.3. The normalized spacial score (nSPS) is 30.8. The third-order valence-electron chi connectivity index (χ3n) is 4.00. The van der Waals surface area contributed by atoms with Crippen LogP contribution in [-0.4, -0.2) is 35.3 Å². The third-order valence-corrected chi connectivity index (χ3v) is 4.00. The minimum atomic E-state index is -0.396. The largest absolute Gasteiger partial charge is 0.345 e. The monoisotopic (exact) mass is 258 g/mol. The fourth-order valence-corrected chi connectivity index (χ4v) is 2.87. The van der Waals surface area contributed by atoms with Crippen LogP contribution in [0.15, 0.2) is 30.3 Å². The number of amides is 2. The molecule has 3 atom stereocenters. The highest BCUT2D eigenvalue weighted by Crippen LogP contribution is 2.45. The molecule has 0 spiro atoms. The van der Waals surface area contributed by atoms with E-state index in [4.69, 9.17) is 0 Å². The summed E-state index contributed by atoms with van der Waals surface area (Å²) in [6.45, 7) is 2.31. The Morgan fingerprint density at radius 3 is 2.68 bits per heavy atom. The predicted molar refractivity (Wildman–Crippen MR) is 71.5 cm³/mol. The van der Waals surface area contributed by atoms with E-state index < -0.39 is 6.04 Å². The number of carbonyl (C=O) groups excluding carboxylic acids is 2. The molecule has 0 bridgehead atoms. The van der Waals surface area contributed by atoms with Crippen molar-refractivity contribution in [2.24, 2.45) is 0 Å². The van der Waals surface area contributed by atoms with Gasteiger partial charge in [-0.2, -0.15) is 0 Å². The molecule has 3 unspecified atom stereocenters. The van der Waals surface area contributed by atoms with E-state index in [2.05, 4.69) is 17.4 Å². The highest BCUT2D eigenvalue weighted by atomic mass is 16.2. The lowest BCUT2D eigenvalue weighted by Gasteiger charge is -2.22. The summed E-state index contributed by atoms with van der Waals surface area (Å²) in [5.41, 5.74) is 1.29. The smallest absolute Gasteiger partial charge is 0.245 e. The fraction of sp³-hybridized carbons (Fsp3) is 0.467. The number of nitrogens with one attached hydrogen (secondary N) is 1. The minimum Gasteiger partial charge on any atom is -0.345 e. The zero-order valence-corrected chi connectivity index (χ0v) is 11.0. The second kappa shape index (κ2) is 4.68. The van der Waals surface area contributed by atoms with E-state index in [1.807, 2.05) is 23.1 Å².